The van der Waals surface area contributed by atoms with E-state index in [0.717, 1.165) is 21.2 Å². The number of aryl methyl sites for hydroxylation is 1. The highest BCUT2D eigenvalue weighted by molar-refractivity contribution is 7.99. The van der Waals surface area contributed by atoms with E-state index in [-0.39, 0.29) is 5.28 Å². The highest BCUT2D eigenvalue weighted by atomic mass is 35.5. The summed E-state index contributed by atoms with van der Waals surface area (Å²) >= 11 is 7.33. The standard InChI is InChI=1S/C12H11ClN2OS/c1-8-7-14-12(13)15-11(8)17-10-5-3-9(16-2)4-6-10/h3-7H,1-2H3. The van der Waals surface area contributed by atoms with Crippen LogP contribution in [0.15, 0.2) is 40.4 Å². The maximum absolute atomic E-state index is 5.78. The minimum Gasteiger partial charge on any atom is -0.497 e. The zero-order chi connectivity index (χ0) is 12.3. The molecular weight excluding hydrogens is 256 g/mol. The van der Waals surface area contributed by atoms with Gasteiger partial charge in [-0.2, -0.15) is 0 Å². The van der Waals surface area contributed by atoms with E-state index < -0.39 is 0 Å². The van der Waals surface area contributed by atoms with E-state index in [0.29, 0.717) is 0 Å². The largest absolute Gasteiger partial charge is 0.497 e. The molecule has 1 aromatic carbocycles. The Balaban J connectivity index is 2.22. The number of aromatic nitrogens is 2. The van der Waals surface area contributed by atoms with Gasteiger partial charge < -0.3 is 4.74 Å². The van der Waals surface area contributed by atoms with Crippen molar-refractivity contribution >= 4 is 23.4 Å². The summed E-state index contributed by atoms with van der Waals surface area (Å²) in [7, 11) is 1.65. The summed E-state index contributed by atoms with van der Waals surface area (Å²) in [4.78, 5) is 9.21. The molecule has 3 nitrogen and oxygen atoms in total. The lowest BCUT2D eigenvalue weighted by molar-refractivity contribution is 0.414. The fourth-order valence-electron chi connectivity index (χ4n) is 1.26. The van der Waals surface area contributed by atoms with E-state index >= 15 is 0 Å². The first-order valence-electron chi connectivity index (χ1n) is 5.00. The monoisotopic (exact) mass is 266 g/mol. The normalized spacial score (nSPS) is 10.3. The van der Waals surface area contributed by atoms with Crippen molar-refractivity contribution in [3.05, 3.63) is 41.3 Å². The lowest BCUT2D eigenvalue weighted by Crippen LogP contribution is -1.89. The molecule has 1 heterocycles. The third kappa shape index (κ3) is 3.11. The minimum absolute atomic E-state index is 0.270. The lowest BCUT2D eigenvalue weighted by atomic mass is 10.3. The van der Waals surface area contributed by atoms with E-state index in [1.54, 1.807) is 25.1 Å². The Hall–Kier alpha value is -1.26. The molecule has 0 fully saturated rings. The number of hydrogen-bond donors (Lipinski definition) is 0. The van der Waals surface area contributed by atoms with Crippen LogP contribution in [0.5, 0.6) is 5.75 Å². The Morgan fingerprint density at radius 2 is 1.94 bits per heavy atom. The molecular formula is C12H11ClN2OS. The van der Waals surface area contributed by atoms with Crippen LogP contribution in [-0.4, -0.2) is 17.1 Å². The molecule has 0 saturated carbocycles. The summed E-state index contributed by atoms with van der Waals surface area (Å²) in [5, 5.41) is 1.14. The second-order valence-electron chi connectivity index (χ2n) is 3.40. The third-order valence-corrected chi connectivity index (χ3v) is 3.47. The van der Waals surface area contributed by atoms with Gasteiger partial charge in [0.2, 0.25) is 5.28 Å². The first-order valence-corrected chi connectivity index (χ1v) is 6.19. The SMILES string of the molecule is COc1ccc(Sc2nc(Cl)ncc2C)cc1. The maximum atomic E-state index is 5.78. The van der Waals surface area contributed by atoms with Gasteiger partial charge in [-0.25, -0.2) is 9.97 Å². The number of benzene rings is 1. The molecule has 0 spiro atoms. The third-order valence-electron chi connectivity index (χ3n) is 2.17. The van der Waals surface area contributed by atoms with Crippen LogP contribution in [0.1, 0.15) is 5.56 Å². The molecule has 5 heteroatoms. The van der Waals surface area contributed by atoms with Crippen molar-refractivity contribution in [1.29, 1.82) is 0 Å². The lowest BCUT2D eigenvalue weighted by Gasteiger charge is -2.05. The van der Waals surface area contributed by atoms with Crippen LogP contribution in [0.4, 0.5) is 0 Å². The van der Waals surface area contributed by atoms with Crippen LogP contribution in [0, 0.1) is 6.92 Å². The topological polar surface area (TPSA) is 35.0 Å². The molecule has 2 aromatic rings. The van der Waals surface area contributed by atoms with Crippen molar-refractivity contribution in [1.82, 2.24) is 9.97 Å². The van der Waals surface area contributed by atoms with E-state index in [1.165, 1.54) is 0 Å². The Morgan fingerprint density at radius 3 is 2.59 bits per heavy atom. The summed E-state index contributed by atoms with van der Waals surface area (Å²) in [6.45, 7) is 1.96. The van der Waals surface area contributed by atoms with Crippen LogP contribution < -0.4 is 4.74 Å². The van der Waals surface area contributed by atoms with Gasteiger partial charge >= 0.3 is 0 Å². The first-order chi connectivity index (χ1) is 8.19. The molecule has 2 rings (SSSR count). The Bertz CT molecular complexity index is 516. The Morgan fingerprint density at radius 1 is 1.24 bits per heavy atom. The van der Waals surface area contributed by atoms with Crippen molar-refractivity contribution in [2.45, 2.75) is 16.8 Å². The van der Waals surface area contributed by atoms with Crippen molar-refractivity contribution in [3.63, 3.8) is 0 Å². The molecule has 0 amide bonds. The van der Waals surface area contributed by atoms with Gasteiger partial charge in [0.05, 0.1) is 7.11 Å². The summed E-state index contributed by atoms with van der Waals surface area (Å²) in [5.41, 5.74) is 1.01. The fourth-order valence-corrected chi connectivity index (χ4v) is 2.29. The van der Waals surface area contributed by atoms with Crippen molar-refractivity contribution < 1.29 is 4.74 Å². The number of hydrogen-bond acceptors (Lipinski definition) is 4. The molecule has 0 bridgehead atoms. The van der Waals surface area contributed by atoms with E-state index in [9.17, 15) is 0 Å². The van der Waals surface area contributed by atoms with Gasteiger partial charge in [-0.05, 0) is 42.8 Å². The second-order valence-corrected chi connectivity index (χ2v) is 4.81. The number of nitrogens with zero attached hydrogens (tertiary/aromatic N) is 2. The van der Waals surface area contributed by atoms with Crippen LogP contribution >= 0.6 is 23.4 Å². The predicted octanol–water partition coefficient (Wildman–Crippen LogP) is 3.60. The van der Waals surface area contributed by atoms with Crippen LogP contribution in [0.2, 0.25) is 5.28 Å². The van der Waals surface area contributed by atoms with Gasteiger partial charge in [0.1, 0.15) is 10.8 Å². The summed E-state index contributed by atoms with van der Waals surface area (Å²) in [6, 6.07) is 7.80. The van der Waals surface area contributed by atoms with E-state index in [4.69, 9.17) is 16.3 Å². The average Bonchev–Trinajstić information content (AvgIpc) is 2.35. The van der Waals surface area contributed by atoms with Crippen LogP contribution in [-0.2, 0) is 0 Å². The van der Waals surface area contributed by atoms with Crippen LogP contribution in [0.3, 0.4) is 0 Å². The van der Waals surface area contributed by atoms with E-state index in [1.807, 2.05) is 31.2 Å². The van der Waals surface area contributed by atoms with Crippen molar-refractivity contribution in [2.75, 3.05) is 7.11 Å². The zero-order valence-electron chi connectivity index (χ0n) is 9.48. The number of rotatable bonds is 3. The summed E-state index contributed by atoms with van der Waals surface area (Å²) in [5.74, 6) is 0.840. The molecule has 0 N–H and O–H groups in total. The molecule has 0 radical (unpaired) electrons. The maximum Gasteiger partial charge on any atom is 0.223 e. The number of methoxy groups -OCH3 is 1. The van der Waals surface area contributed by atoms with Gasteiger partial charge in [0.25, 0.3) is 0 Å². The summed E-state index contributed by atoms with van der Waals surface area (Å²) < 4.78 is 5.11. The second kappa shape index (κ2) is 5.38. The average molecular weight is 267 g/mol. The highest BCUT2D eigenvalue weighted by Gasteiger charge is 2.05. The van der Waals surface area contributed by atoms with Crippen LogP contribution in [0.25, 0.3) is 0 Å². The predicted molar refractivity (Wildman–Crippen MR) is 68.9 cm³/mol. The van der Waals surface area contributed by atoms with Crippen molar-refractivity contribution in [3.8, 4) is 5.75 Å². The van der Waals surface area contributed by atoms with Gasteiger partial charge in [-0.3, -0.25) is 0 Å². The van der Waals surface area contributed by atoms with E-state index in [2.05, 4.69) is 9.97 Å². The summed E-state index contributed by atoms with van der Waals surface area (Å²) in [6.07, 6.45) is 1.72. The Labute approximate surface area is 109 Å². The molecule has 0 aliphatic carbocycles. The number of halogens is 1. The molecule has 0 aliphatic rings. The molecule has 0 aliphatic heterocycles. The number of ether oxygens (including phenoxy) is 1. The highest BCUT2D eigenvalue weighted by Crippen LogP contribution is 2.29. The smallest absolute Gasteiger partial charge is 0.223 e. The van der Waals surface area contributed by atoms with Gasteiger partial charge in [-0.1, -0.05) is 11.8 Å². The molecule has 0 unspecified atom stereocenters. The minimum atomic E-state index is 0.270. The molecule has 88 valence electrons. The first kappa shape index (κ1) is 12.2. The fraction of sp³-hybridized carbons (Fsp3) is 0.167. The zero-order valence-corrected chi connectivity index (χ0v) is 11.0. The molecule has 0 saturated heterocycles. The van der Waals surface area contributed by atoms with Gasteiger partial charge in [-0.15, -0.1) is 0 Å². The quantitative estimate of drug-likeness (QED) is 0.628. The van der Waals surface area contributed by atoms with Gasteiger partial charge in [0, 0.05) is 16.7 Å². The van der Waals surface area contributed by atoms with Crippen molar-refractivity contribution in [2.24, 2.45) is 0 Å². The van der Waals surface area contributed by atoms with Gasteiger partial charge in [0.15, 0.2) is 0 Å². The molecule has 17 heavy (non-hydrogen) atoms. The molecule has 0 atom stereocenters. The Kier molecular flexibility index (Phi) is 3.86. The molecule has 1 aromatic heterocycles.